The third kappa shape index (κ3) is 3.74. The number of amides is 2. The summed E-state index contributed by atoms with van der Waals surface area (Å²) in [4.78, 5) is 24.3. The van der Waals surface area contributed by atoms with Crippen LogP contribution in [0.25, 0.3) is 0 Å². The number of anilines is 4. The molecule has 6 nitrogen and oxygen atoms in total. The Balaban J connectivity index is 1.55. The van der Waals surface area contributed by atoms with Gasteiger partial charge in [-0.3, -0.25) is 9.59 Å². The SMILES string of the molecule is O=C1COc2ccc(NC(=O)c3ccccc3Nc3ccccc3)cc2N1. The fraction of sp³-hybridized carbons (Fsp3) is 0.0476. The van der Waals surface area contributed by atoms with Gasteiger partial charge < -0.3 is 20.7 Å². The Labute approximate surface area is 156 Å². The fourth-order valence-corrected chi connectivity index (χ4v) is 2.83. The third-order valence-electron chi connectivity index (χ3n) is 4.09. The van der Waals surface area contributed by atoms with Crippen LogP contribution >= 0.6 is 0 Å². The van der Waals surface area contributed by atoms with Gasteiger partial charge in [-0.25, -0.2) is 0 Å². The fourth-order valence-electron chi connectivity index (χ4n) is 2.83. The molecule has 0 aliphatic carbocycles. The van der Waals surface area contributed by atoms with Crippen molar-refractivity contribution in [3.8, 4) is 5.75 Å². The molecule has 0 atom stereocenters. The molecule has 4 rings (SSSR count). The summed E-state index contributed by atoms with van der Waals surface area (Å²) < 4.78 is 5.33. The largest absolute Gasteiger partial charge is 0.482 e. The van der Waals surface area contributed by atoms with Gasteiger partial charge in [0.1, 0.15) is 5.75 Å². The van der Waals surface area contributed by atoms with E-state index in [4.69, 9.17) is 4.74 Å². The van der Waals surface area contributed by atoms with Gasteiger partial charge in [-0.15, -0.1) is 0 Å². The number of ether oxygens (including phenoxy) is 1. The highest BCUT2D eigenvalue weighted by Crippen LogP contribution is 2.31. The van der Waals surface area contributed by atoms with Crippen LogP contribution < -0.4 is 20.7 Å². The predicted octanol–water partition coefficient (Wildman–Crippen LogP) is 4.01. The molecule has 1 aliphatic heterocycles. The highest BCUT2D eigenvalue weighted by Gasteiger charge is 2.17. The van der Waals surface area contributed by atoms with Crippen molar-refractivity contribution in [1.82, 2.24) is 0 Å². The van der Waals surface area contributed by atoms with Gasteiger partial charge in [-0.1, -0.05) is 30.3 Å². The molecule has 0 saturated heterocycles. The van der Waals surface area contributed by atoms with E-state index in [1.807, 2.05) is 48.5 Å². The third-order valence-corrected chi connectivity index (χ3v) is 4.09. The van der Waals surface area contributed by atoms with Gasteiger partial charge >= 0.3 is 0 Å². The van der Waals surface area contributed by atoms with E-state index in [2.05, 4.69) is 16.0 Å². The number of fused-ring (bicyclic) bond motifs is 1. The molecule has 0 spiro atoms. The normalized spacial score (nSPS) is 12.4. The maximum atomic E-state index is 12.8. The first-order valence-corrected chi connectivity index (χ1v) is 8.48. The molecule has 1 aliphatic rings. The minimum absolute atomic E-state index is 0.00274. The molecule has 3 aromatic rings. The van der Waals surface area contributed by atoms with Crippen LogP contribution in [0.1, 0.15) is 10.4 Å². The van der Waals surface area contributed by atoms with E-state index >= 15 is 0 Å². The van der Waals surface area contributed by atoms with Gasteiger partial charge in [0.2, 0.25) is 0 Å². The zero-order valence-corrected chi connectivity index (χ0v) is 14.4. The summed E-state index contributed by atoms with van der Waals surface area (Å²) in [7, 11) is 0. The first-order valence-electron chi connectivity index (χ1n) is 8.48. The smallest absolute Gasteiger partial charge is 0.262 e. The Morgan fingerprint density at radius 3 is 2.56 bits per heavy atom. The van der Waals surface area contributed by atoms with Crippen molar-refractivity contribution in [2.75, 3.05) is 22.6 Å². The summed E-state index contributed by atoms with van der Waals surface area (Å²) in [5.74, 6) is 0.110. The molecule has 3 N–H and O–H groups in total. The summed E-state index contributed by atoms with van der Waals surface area (Å²) in [6.45, 7) is -0.00274. The number of hydrogen-bond acceptors (Lipinski definition) is 4. The van der Waals surface area contributed by atoms with Gasteiger partial charge in [-0.2, -0.15) is 0 Å². The summed E-state index contributed by atoms with van der Waals surface area (Å²) in [6.07, 6.45) is 0. The Bertz CT molecular complexity index is 1000. The molecule has 6 heteroatoms. The van der Waals surface area contributed by atoms with Gasteiger partial charge in [0.15, 0.2) is 6.61 Å². The lowest BCUT2D eigenvalue weighted by Crippen LogP contribution is -2.25. The lowest BCUT2D eigenvalue weighted by Gasteiger charge is -2.19. The lowest BCUT2D eigenvalue weighted by atomic mass is 10.1. The molecule has 27 heavy (non-hydrogen) atoms. The van der Waals surface area contributed by atoms with Crippen molar-refractivity contribution in [3.63, 3.8) is 0 Å². The quantitative estimate of drug-likeness (QED) is 0.657. The van der Waals surface area contributed by atoms with Crippen LogP contribution in [0.15, 0.2) is 72.8 Å². The van der Waals surface area contributed by atoms with E-state index in [1.54, 1.807) is 24.3 Å². The molecular formula is C21H17N3O3. The molecule has 0 fully saturated rings. The molecular weight excluding hydrogens is 342 g/mol. The molecule has 0 unspecified atom stereocenters. The first kappa shape index (κ1) is 16.7. The molecule has 0 radical (unpaired) electrons. The summed E-state index contributed by atoms with van der Waals surface area (Å²) in [6, 6.07) is 22.1. The van der Waals surface area contributed by atoms with Crippen molar-refractivity contribution in [1.29, 1.82) is 0 Å². The van der Waals surface area contributed by atoms with Crippen molar-refractivity contribution in [2.45, 2.75) is 0 Å². The predicted molar refractivity (Wildman–Crippen MR) is 105 cm³/mol. The average molecular weight is 359 g/mol. The minimum Gasteiger partial charge on any atom is -0.482 e. The molecule has 1 heterocycles. The van der Waals surface area contributed by atoms with Crippen molar-refractivity contribution >= 4 is 34.6 Å². The van der Waals surface area contributed by atoms with Crippen molar-refractivity contribution < 1.29 is 14.3 Å². The van der Waals surface area contributed by atoms with Crippen LogP contribution in [-0.2, 0) is 4.79 Å². The number of carbonyl (C=O) groups is 2. The Kier molecular flexibility index (Phi) is 4.45. The second kappa shape index (κ2) is 7.21. The lowest BCUT2D eigenvalue weighted by molar-refractivity contribution is -0.118. The Morgan fingerprint density at radius 2 is 1.70 bits per heavy atom. The number of hydrogen-bond donors (Lipinski definition) is 3. The van der Waals surface area contributed by atoms with E-state index in [-0.39, 0.29) is 18.4 Å². The summed E-state index contributed by atoms with van der Waals surface area (Å²) in [5.41, 5.74) is 3.22. The van der Waals surface area contributed by atoms with Gasteiger partial charge in [0.25, 0.3) is 11.8 Å². The maximum absolute atomic E-state index is 12.8. The number of carbonyl (C=O) groups excluding carboxylic acids is 2. The van der Waals surface area contributed by atoms with Crippen LogP contribution in [0.4, 0.5) is 22.7 Å². The highest BCUT2D eigenvalue weighted by molar-refractivity contribution is 6.09. The first-order chi connectivity index (χ1) is 13.2. The summed E-state index contributed by atoms with van der Waals surface area (Å²) >= 11 is 0. The van der Waals surface area contributed by atoms with Crippen LogP contribution in [0.5, 0.6) is 5.75 Å². The van der Waals surface area contributed by atoms with E-state index in [0.29, 0.717) is 28.4 Å². The van der Waals surface area contributed by atoms with Gasteiger partial charge in [0, 0.05) is 11.4 Å². The van der Waals surface area contributed by atoms with Gasteiger partial charge in [-0.05, 0) is 42.5 Å². The highest BCUT2D eigenvalue weighted by atomic mass is 16.5. The number of nitrogens with one attached hydrogen (secondary N) is 3. The monoisotopic (exact) mass is 359 g/mol. The minimum atomic E-state index is -0.253. The van der Waals surface area contributed by atoms with E-state index in [0.717, 1.165) is 5.69 Å². The molecule has 2 amide bonds. The molecule has 134 valence electrons. The molecule has 0 bridgehead atoms. The Morgan fingerprint density at radius 1 is 0.926 bits per heavy atom. The Hall–Kier alpha value is -3.80. The average Bonchev–Trinajstić information content (AvgIpc) is 2.69. The van der Waals surface area contributed by atoms with Gasteiger partial charge in [0.05, 0.1) is 16.9 Å². The van der Waals surface area contributed by atoms with E-state index < -0.39 is 0 Å². The van der Waals surface area contributed by atoms with Crippen LogP contribution in [0, 0.1) is 0 Å². The van der Waals surface area contributed by atoms with E-state index in [1.165, 1.54) is 0 Å². The number of rotatable bonds is 4. The van der Waals surface area contributed by atoms with Crippen LogP contribution in [-0.4, -0.2) is 18.4 Å². The maximum Gasteiger partial charge on any atom is 0.262 e. The van der Waals surface area contributed by atoms with Crippen LogP contribution in [0.3, 0.4) is 0 Å². The van der Waals surface area contributed by atoms with Crippen LogP contribution in [0.2, 0.25) is 0 Å². The molecule has 3 aromatic carbocycles. The number of para-hydroxylation sites is 2. The second-order valence-corrected chi connectivity index (χ2v) is 6.04. The zero-order chi connectivity index (χ0) is 18.6. The van der Waals surface area contributed by atoms with Crippen molar-refractivity contribution in [3.05, 3.63) is 78.4 Å². The standard InChI is InChI=1S/C21H17N3O3/c25-20-13-27-19-11-10-15(12-18(19)24-20)23-21(26)16-8-4-5-9-17(16)22-14-6-2-1-3-7-14/h1-12,22H,13H2,(H,23,26)(H,24,25). The molecule has 0 saturated carbocycles. The summed E-state index contributed by atoms with van der Waals surface area (Å²) in [5, 5.41) is 8.85. The number of benzene rings is 3. The van der Waals surface area contributed by atoms with E-state index in [9.17, 15) is 9.59 Å². The molecule has 0 aromatic heterocycles. The topological polar surface area (TPSA) is 79.5 Å². The second-order valence-electron chi connectivity index (χ2n) is 6.04. The van der Waals surface area contributed by atoms with Crippen molar-refractivity contribution in [2.24, 2.45) is 0 Å². The zero-order valence-electron chi connectivity index (χ0n) is 14.4.